The average Bonchev–Trinajstić information content (AvgIpc) is 2.51. The van der Waals surface area contributed by atoms with Crippen LogP contribution in [0.1, 0.15) is 11.3 Å². The molecule has 1 heterocycles. The molecule has 0 aliphatic heterocycles. The highest BCUT2D eigenvalue weighted by Gasteiger charge is 2.15. The van der Waals surface area contributed by atoms with E-state index in [9.17, 15) is 4.79 Å². The van der Waals surface area contributed by atoms with Gasteiger partial charge in [-0.05, 0) is 40.5 Å². The van der Waals surface area contributed by atoms with Gasteiger partial charge >= 0.3 is 5.97 Å². The zero-order valence-corrected chi connectivity index (χ0v) is 11.6. The number of hydrogen-bond donors (Lipinski definition) is 2. The Hall–Kier alpha value is -0.810. The molecule has 0 radical (unpaired) electrons. The van der Waals surface area contributed by atoms with Gasteiger partial charge in [0, 0.05) is 20.0 Å². The van der Waals surface area contributed by atoms with Gasteiger partial charge < -0.3 is 10.1 Å². The third kappa shape index (κ3) is 1.89. The summed E-state index contributed by atoms with van der Waals surface area (Å²) in [5.74, 6) is -0.823. The summed E-state index contributed by atoms with van der Waals surface area (Å²) in [6, 6.07) is 3.83. The number of benzene rings is 1. The van der Waals surface area contributed by atoms with Crippen molar-refractivity contribution in [1.29, 1.82) is 0 Å². The SMILES string of the molecule is Cc1[nH]c2c(Br)ccc(Br)c2c1CC(=O)O. The third-order valence-corrected chi connectivity index (χ3v) is 3.82. The normalized spacial score (nSPS) is 10.9. The molecule has 2 rings (SSSR count). The fourth-order valence-corrected chi connectivity index (χ4v) is 2.79. The van der Waals surface area contributed by atoms with Crippen molar-refractivity contribution in [2.24, 2.45) is 0 Å². The number of carbonyl (C=O) groups is 1. The molecule has 5 heteroatoms. The number of aromatic amines is 1. The first-order valence-corrected chi connectivity index (χ1v) is 6.26. The number of fused-ring (bicyclic) bond motifs is 1. The lowest BCUT2D eigenvalue weighted by Crippen LogP contribution is -2.00. The Balaban J connectivity index is 2.77. The van der Waals surface area contributed by atoms with Crippen LogP contribution in [0.25, 0.3) is 10.9 Å². The molecule has 0 saturated heterocycles. The van der Waals surface area contributed by atoms with Gasteiger partial charge in [0.2, 0.25) is 0 Å². The monoisotopic (exact) mass is 345 g/mol. The minimum atomic E-state index is -0.823. The number of H-pyrrole nitrogens is 1. The van der Waals surface area contributed by atoms with Crippen molar-refractivity contribution < 1.29 is 9.90 Å². The van der Waals surface area contributed by atoms with Gasteiger partial charge in [-0.1, -0.05) is 15.9 Å². The fourth-order valence-electron chi connectivity index (χ4n) is 1.79. The Morgan fingerprint density at radius 1 is 1.38 bits per heavy atom. The van der Waals surface area contributed by atoms with Crippen LogP contribution in [0, 0.1) is 6.92 Å². The predicted octanol–water partition coefficient (Wildman–Crippen LogP) is 3.63. The lowest BCUT2D eigenvalue weighted by Gasteiger charge is -2.00. The Morgan fingerprint density at radius 3 is 2.62 bits per heavy atom. The standard InChI is InChI=1S/C11H9Br2NO2/c1-5-6(4-9(15)16)10-7(12)2-3-8(13)11(10)14-5/h2-3,14H,4H2,1H3,(H,15,16). The van der Waals surface area contributed by atoms with Crippen LogP contribution in [0.3, 0.4) is 0 Å². The first-order valence-electron chi connectivity index (χ1n) is 4.67. The van der Waals surface area contributed by atoms with Crippen LogP contribution in [0.5, 0.6) is 0 Å². The van der Waals surface area contributed by atoms with Crippen LogP contribution >= 0.6 is 31.9 Å². The number of carboxylic acids is 1. The highest BCUT2D eigenvalue weighted by Crippen LogP contribution is 2.34. The van der Waals surface area contributed by atoms with Gasteiger partial charge in [-0.3, -0.25) is 4.79 Å². The van der Waals surface area contributed by atoms with Crippen molar-refractivity contribution in [2.45, 2.75) is 13.3 Å². The minimum Gasteiger partial charge on any atom is -0.481 e. The molecule has 0 fully saturated rings. The van der Waals surface area contributed by atoms with Gasteiger partial charge in [0.25, 0.3) is 0 Å². The molecule has 0 aliphatic carbocycles. The molecular weight excluding hydrogens is 338 g/mol. The quantitative estimate of drug-likeness (QED) is 0.872. The van der Waals surface area contributed by atoms with Crippen LogP contribution in [-0.4, -0.2) is 16.1 Å². The number of aliphatic carboxylic acids is 1. The highest BCUT2D eigenvalue weighted by atomic mass is 79.9. The van der Waals surface area contributed by atoms with Crippen LogP contribution in [0.15, 0.2) is 21.1 Å². The highest BCUT2D eigenvalue weighted by molar-refractivity contribution is 9.11. The largest absolute Gasteiger partial charge is 0.481 e. The van der Waals surface area contributed by atoms with Crippen LogP contribution < -0.4 is 0 Å². The zero-order valence-electron chi connectivity index (χ0n) is 8.47. The van der Waals surface area contributed by atoms with E-state index in [-0.39, 0.29) is 6.42 Å². The second kappa shape index (κ2) is 4.22. The number of aromatic nitrogens is 1. The van der Waals surface area contributed by atoms with Crippen LogP contribution in [0.4, 0.5) is 0 Å². The third-order valence-electron chi connectivity index (χ3n) is 2.50. The van der Waals surface area contributed by atoms with E-state index in [1.807, 2.05) is 19.1 Å². The summed E-state index contributed by atoms with van der Waals surface area (Å²) in [6.07, 6.45) is 0.0287. The molecule has 0 bridgehead atoms. The minimum absolute atomic E-state index is 0.0287. The van der Waals surface area contributed by atoms with E-state index < -0.39 is 5.97 Å². The average molecular weight is 347 g/mol. The molecule has 0 aliphatic rings. The molecule has 0 atom stereocenters. The molecule has 1 aromatic heterocycles. The number of rotatable bonds is 2. The Kier molecular flexibility index (Phi) is 3.08. The van der Waals surface area contributed by atoms with E-state index in [1.54, 1.807) is 0 Å². The summed E-state index contributed by atoms with van der Waals surface area (Å²) in [5, 5.41) is 9.83. The van der Waals surface area contributed by atoms with Crippen molar-refractivity contribution in [3.8, 4) is 0 Å². The second-order valence-corrected chi connectivity index (χ2v) is 5.29. The van der Waals surface area contributed by atoms with E-state index in [0.717, 1.165) is 31.1 Å². The van der Waals surface area contributed by atoms with Gasteiger partial charge in [0.15, 0.2) is 0 Å². The molecule has 84 valence electrons. The summed E-state index contributed by atoms with van der Waals surface area (Å²) in [5.41, 5.74) is 2.66. The van der Waals surface area contributed by atoms with Crippen molar-refractivity contribution in [3.63, 3.8) is 0 Å². The van der Waals surface area contributed by atoms with E-state index in [2.05, 4.69) is 36.8 Å². The number of hydrogen-bond acceptors (Lipinski definition) is 1. The topological polar surface area (TPSA) is 53.1 Å². The molecule has 1 aromatic carbocycles. The zero-order chi connectivity index (χ0) is 11.9. The molecular formula is C11H9Br2NO2. The van der Waals surface area contributed by atoms with Crippen LogP contribution in [0.2, 0.25) is 0 Å². The number of aryl methyl sites for hydroxylation is 1. The maximum absolute atomic E-state index is 10.8. The van der Waals surface area contributed by atoms with E-state index in [4.69, 9.17) is 5.11 Å². The molecule has 2 N–H and O–H groups in total. The maximum Gasteiger partial charge on any atom is 0.307 e. The van der Waals surface area contributed by atoms with Crippen molar-refractivity contribution in [1.82, 2.24) is 4.98 Å². The Bertz CT molecular complexity index is 575. The van der Waals surface area contributed by atoms with Crippen LogP contribution in [-0.2, 0) is 11.2 Å². The number of carboxylic acid groups (broad SMARTS) is 1. The smallest absolute Gasteiger partial charge is 0.307 e. The van der Waals surface area contributed by atoms with Crippen molar-refractivity contribution in [2.75, 3.05) is 0 Å². The van der Waals surface area contributed by atoms with E-state index >= 15 is 0 Å². The molecule has 0 saturated carbocycles. The van der Waals surface area contributed by atoms with E-state index in [1.165, 1.54) is 0 Å². The van der Waals surface area contributed by atoms with Gasteiger partial charge in [0.05, 0.1) is 11.9 Å². The Morgan fingerprint density at radius 2 is 2.00 bits per heavy atom. The number of nitrogens with one attached hydrogen (secondary N) is 1. The lowest BCUT2D eigenvalue weighted by molar-refractivity contribution is -0.136. The molecule has 3 nitrogen and oxygen atoms in total. The summed E-state index contributed by atoms with van der Waals surface area (Å²) >= 11 is 6.90. The summed E-state index contributed by atoms with van der Waals surface area (Å²) in [6.45, 7) is 1.89. The van der Waals surface area contributed by atoms with E-state index in [0.29, 0.717) is 0 Å². The molecule has 2 aromatic rings. The predicted molar refractivity (Wildman–Crippen MR) is 69.8 cm³/mol. The Labute approximate surface area is 109 Å². The maximum atomic E-state index is 10.8. The van der Waals surface area contributed by atoms with Gasteiger partial charge in [0.1, 0.15) is 0 Å². The fraction of sp³-hybridized carbons (Fsp3) is 0.182. The summed E-state index contributed by atoms with van der Waals surface area (Å²) in [7, 11) is 0. The lowest BCUT2D eigenvalue weighted by atomic mass is 10.1. The molecule has 0 spiro atoms. The first-order chi connectivity index (χ1) is 7.50. The molecule has 0 amide bonds. The van der Waals surface area contributed by atoms with Gasteiger partial charge in [-0.15, -0.1) is 0 Å². The van der Waals surface area contributed by atoms with Gasteiger partial charge in [-0.2, -0.15) is 0 Å². The molecule has 0 unspecified atom stereocenters. The van der Waals surface area contributed by atoms with Gasteiger partial charge in [-0.25, -0.2) is 0 Å². The first kappa shape index (κ1) is 11.7. The summed E-state index contributed by atoms with van der Waals surface area (Å²) < 4.78 is 1.84. The second-order valence-electron chi connectivity index (χ2n) is 3.58. The van der Waals surface area contributed by atoms with Crippen molar-refractivity contribution in [3.05, 3.63) is 32.3 Å². The van der Waals surface area contributed by atoms with Crippen molar-refractivity contribution >= 4 is 48.7 Å². The number of halogens is 2. The molecule has 16 heavy (non-hydrogen) atoms. The summed E-state index contributed by atoms with van der Waals surface area (Å²) in [4.78, 5) is 14.0.